The smallest absolute Gasteiger partial charge is 0.286 e. The molecule has 0 radical (unpaired) electrons. The minimum absolute atomic E-state index is 0.329. The number of aromatic amines is 1. The second-order valence-electron chi connectivity index (χ2n) is 6.18. The molecular weight excluding hydrogens is 434 g/mol. The average molecular weight is 450 g/mol. The molecule has 2 heterocycles. The minimum atomic E-state index is -0.446. The summed E-state index contributed by atoms with van der Waals surface area (Å²) in [6, 6.07) is 20.4. The van der Waals surface area contributed by atoms with E-state index in [1.807, 2.05) is 42.5 Å². The number of nitrogens with one attached hydrogen (secondary N) is 3. The van der Waals surface area contributed by atoms with Crippen molar-refractivity contribution in [2.24, 2.45) is 0 Å². The normalized spacial score (nSPS) is 10.5. The maximum Gasteiger partial charge on any atom is 0.286 e. The third kappa shape index (κ3) is 4.12. The summed E-state index contributed by atoms with van der Waals surface area (Å²) in [4.78, 5) is 27.3. The van der Waals surface area contributed by atoms with Crippen LogP contribution in [0.5, 0.6) is 0 Å². The van der Waals surface area contributed by atoms with Crippen LogP contribution in [0.25, 0.3) is 16.9 Å². The molecule has 0 saturated heterocycles. The molecule has 8 heteroatoms. The number of hydrazine groups is 1. The third-order valence-electron chi connectivity index (χ3n) is 4.25. The summed E-state index contributed by atoms with van der Waals surface area (Å²) in [7, 11) is 0. The highest BCUT2D eigenvalue weighted by molar-refractivity contribution is 9.10. The van der Waals surface area contributed by atoms with Crippen LogP contribution in [0, 0.1) is 0 Å². The summed E-state index contributed by atoms with van der Waals surface area (Å²) in [6.07, 6.45) is 3.35. The number of hydrogen-bond donors (Lipinski definition) is 3. The van der Waals surface area contributed by atoms with E-state index in [-0.39, 0.29) is 0 Å². The lowest BCUT2D eigenvalue weighted by Gasteiger charge is -2.10. The zero-order valence-electron chi connectivity index (χ0n) is 15.1. The molecule has 7 nitrogen and oxygen atoms in total. The van der Waals surface area contributed by atoms with Crippen molar-refractivity contribution in [2.75, 3.05) is 0 Å². The highest BCUT2D eigenvalue weighted by Gasteiger charge is 2.13. The van der Waals surface area contributed by atoms with Gasteiger partial charge in [-0.2, -0.15) is 5.10 Å². The van der Waals surface area contributed by atoms with Gasteiger partial charge in [0.2, 0.25) is 0 Å². The molecule has 0 fully saturated rings. The molecule has 144 valence electrons. The van der Waals surface area contributed by atoms with Crippen LogP contribution in [-0.2, 0) is 0 Å². The van der Waals surface area contributed by atoms with Gasteiger partial charge in [-0.1, -0.05) is 36.4 Å². The minimum Gasteiger partial charge on any atom is -0.356 e. The Morgan fingerprint density at radius 1 is 0.931 bits per heavy atom. The van der Waals surface area contributed by atoms with Crippen molar-refractivity contribution in [1.82, 2.24) is 25.6 Å². The molecule has 0 atom stereocenters. The lowest BCUT2D eigenvalue weighted by molar-refractivity contribution is 0.0844. The van der Waals surface area contributed by atoms with Gasteiger partial charge in [0.1, 0.15) is 5.69 Å². The first-order chi connectivity index (χ1) is 14.1. The van der Waals surface area contributed by atoms with Crippen molar-refractivity contribution in [3.63, 3.8) is 0 Å². The number of carbonyl (C=O) groups excluding carboxylic acids is 2. The number of halogens is 1. The molecule has 0 saturated carbocycles. The predicted molar refractivity (Wildman–Crippen MR) is 112 cm³/mol. The molecule has 29 heavy (non-hydrogen) atoms. The number of amides is 2. The molecule has 0 aliphatic heterocycles. The Balaban J connectivity index is 1.52. The quantitative estimate of drug-likeness (QED) is 0.414. The van der Waals surface area contributed by atoms with Gasteiger partial charge in [-0.25, -0.2) is 4.68 Å². The second-order valence-corrected chi connectivity index (χ2v) is 7.10. The molecule has 0 bridgehead atoms. The van der Waals surface area contributed by atoms with Crippen LogP contribution < -0.4 is 10.9 Å². The van der Waals surface area contributed by atoms with E-state index in [0.717, 1.165) is 21.4 Å². The number of H-pyrrole nitrogens is 1. The lowest BCUT2D eigenvalue weighted by atomic mass is 10.1. The molecule has 3 N–H and O–H groups in total. The van der Waals surface area contributed by atoms with Crippen molar-refractivity contribution in [3.05, 3.63) is 94.9 Å². The molecule has 4 rings (SSSR count). The maximum atomic E-state index is 12.5. The number of carbonyl (C=O) groups is 2. The van der Waals surface area contributed by atoms with E-state index in [2.05, 4.69) is 36.9 Å². The maximum absolute atomic E-state index is 12.5. The van der Waals surface area contributed by atoms with E-state index in [9.17, 15) is 9.59 Å². The highest BCUT2D eigenvalue weighted by atomic mass is 79.9. The van der Waals surface area contributed by atoms with E-state index in [4.69, 9.17) is 0 Å². The largest absolute Gasteiger partial charge is 0.356 e. The number of benzene rings is 2. The van der Waals surface area contributed by atoms with Gasteiger partial charge in [0.05, 0.1) is 17.6 Å². The van der Waals surface area contributed by atoms with Gasteiger partial charge >= 0.3 is 0 Å². The van der Waals surface area contributed by atoms with Crippen LogP contribution in [0.3, 0.4) is 0 Å². The van der Waals surface area contributed by atoms with E-state index in [1.54, 1.807) is 41.3 Å². The van der Waals surface area contributed by atoms with Gasteiger partial charge < -0.3 is 4.98 Å². The van der Waals surface area contributed by atoms with Crippen LogP contribution in [0.1, 0.15) is 20.8 Å². The molecule has 2 aromatic heterocycles. The monoisotopic (exact) mass is 449 g/mol. The topological polar surface area (TPSA) is 91.8 Å². The van der Waals surface area contributed by atoms with E-state index >= 15 is 0 Å². The number of nitrogens with zero attached hydrogens (tertiary/aromatic N) is 2. The molecule has 4 aromatic rings. The average Bonchev–Trinajstić information content (AvgIpc) is 3.42. The van der Waals surface area contributed by atoms with Crippen LogP contribution in [0.4, 0.5) is 0 Å². The van der Waals surface area contributed by atoms with Crippen molar-refractivity contribution in [2.45, 2.75) is 0 Å². The Bertz CT molecular complexity index is 1170. The molecule has 0 aliphatic rings. The third-order valence-corrected chi connectivity index (χ3v) is 4.71. The number of hydrogen-bond acceptors (Lipinski definition) is 3. The zero-order valence-corrected chi connectivity index (χ0v) is 16.7. The first kappa shape index (κ1) is 18.7. The fourth-order valence-electron chi connectivity index (χ4n) is 2.87. The summed E-state index contributed by atoms with van der Waals surface area (Å²) >= 11 is 3.26. The predicted octanol–water partition coefficient (Wildman–Crippen LogP) is 3.70. The molecule has 0 aliphatic carbocycles. The van der Waals surface area contributed by atoms with E-state index < -0.39 is 11.8 Å². The molecular formula is C21H16BrN5O2. The Hall–Kier alpha value is -3.65. The van der Waals surface area contributed by atoms with Gasteiger partial charge in [0, 0.05) is 21.8 Å². The van der Waals surface area contributed by atoms with E-state index in [0.29, 0.717) is 11.3 Å². The van der Waals surface area contributed by atoms with Gasteiger partial charge in [-0.05, 0) is 46.3 Å². The zero-order chi connectivity index (χ0) is 20.2. The first-order valence-electron chi connectivity index (χ1n) is 8.76. The summed E-state index contributed by atoms with van der Waals surface area (Å²) < 4.78 is 2.51. The fourth-order valence-corrected chi connectivity index (χ4v) is 3.21. The standard InChI is InChI=1S/C21H16BrN5O2/c22-16-12-18(23-13-16)21(29)26-25-20(28)15-7-4-8-17(11-15)27-19(9-10-24-27)14-5-2-1-3-6-14/h1-13,23H,(H,25,28)(H,26,29). The lowest BCUT2D eigenvalue weighted by Crippen LogP contribution is -2.41. The molecule has 2 amide bonds. The molecule has 2 aromatic carbocycles. The van der Waals surface area contributed by atoms with Crippen molar-refractivity contribution in [1.29, 1.82) is 0 Å². The fraction of sp³-hybridized carbons (Fsp3) is 0. The molecule has 0 spiro atoms. The summed E-state index contributed by atoms with van der Waals surface area (Å²) in [5.74, 6) is -0.877. The Morgan fingerprint density at radius 2 is 1.72 bits per heavy atom. The molecule has 0 unspecified atom stereocenters. The van der Waals surface area contributed by atoms with Gasteiger partial charge in [-0.3, -0.25) is 20.4 Å². The van der Waals surface area contributed by atoms with Gasteiger partial charge in [-0.15, -0.1) is 0 Å². The van der Waals surface area contributed by atoms with Crippen molar-refractivity contribution in [3.8, 4) is 16.9 Å². The van der Waals surface area contributed by atoms with Crippen LogP contribution in [0.15, 0.2) is 83.6 Å². The Kier molecular flexibility index (Phi) is 5.26. The summed E-state index contributed by atoms with van der Waals surface area (Å²) in [5.41, 5.74) is 8.20. The number of aromatic nitrogens is 3. The van der Waals surface area contributed by atoms with Crippen molar-refractivity contribution >= 4 is 27.7 Å². The van der Waals surface area contributed by atoms with E-state index in [1.165, 1.54) is 0 Å². The van der Waals surface area contributed by atoms with Crippen molar-refractivity contribution < 1.29 is 9.59 Å². The number of rotatable bonds is 4. The Morgan fingerprint density at radius 3 is 2.48 bits per heavy atom. The van der Waals surface area contributed by atoms with Gasteiger partial charge in [0.15, 0.2) is 0 Å². The second kappa shape index (κ2) is 8.15. The first-order valence-corrected chi connectivity index (χ1v) is 9.55. The van der Waals surface area contributed by atoms with Crippen LogP contribution in [0.2, 0.25) is 0 Å². The van der Waals surface area contributed by atoms with Crippen LogP contribution >= 0.6 is 15.9 Å². The summed E-state index contributed by atoms with van der Waals surface area (Å²) in [5, 5.41) is 4.39. The van der Waals surface area contributed by atoms with Gasteiger partial charge in [0.25, 0.3) is 11.8 Å². The Labute approximate surface area is 174 Å². The summed E-state index contributed by atoms with van der Waals surface area (Å²) in [6.45, 7) is 0. The van der Waals surface area contributed by atoms with Crippen LogP contribution in [-0.4, -0.2) is 26.6 Å². The SMILES string of the molecule is O=C(NNC(=O)c1cc(Br)c[nH]1)c1cccc(-n2nccc2-c2ccccc2)c1. The highest BCUT2D eigenvalue weighted by Crippen LogP contribution is 2.22.